The van der Waals surface area contributed by atoms with E-state index in [-0.39, 0.29) is 5.82 Å². The largest absolute Gasteiger partial charge is 0.497 e. The Morgan fingerprint density at radius 2 is 1.81 bits per heavy atom. The van der Waals surface area contributed by atoms with Crippen molar-refractivity contribution in [1.82, 2.24) is 5.32 Å². The molecule has 0 spiro atoms. The fourth-order valence-electron chi connectivity index (χ4n) is 2.26. The van der Waals surface area contributed by atoms with Gasteiger partial charge < -0.3 is 14.8 Å². The van der Waals surface area contributed by atoms with Crippen LogP contribution in [0.15, 0.2) is 36.4 Å². The van der Waals surface area contributed by atoms with Crippen LogP contribution < -0.4 is 14.8 Å². The van der Waals surface area contributed by atoms with Crippen LogP contribution in [0.4, 0.5) is 4.39 Å². The van der Waals surface area contributed by atoms with Crippen molar-refractivity contribution < 1.29 is 13.9 Å². The van der Waals surface area contributed by atoms with Gasteiger partial charge in [-0.25, -0.2) is 4.39 Å². The molecule has 0 amide bonds. The lowest BCUT2D eigenvalue weighted by Crippen LogP contribution is -2.12. The van der Waals surface area contributed by atoms with Crippen molar-refractivity contribution in [3.63, 3.8) is 0 Å². The molecule has 0 aliphatic carbocycles. The van der Waals surface area contributed by atoms with Gasteiger partial charge in [-0.05, 0) is 48.0 Å². The fourth-order valence-corrected chi connectivity index (χ4v) is 2.26. The van der Waals surface area contributed by atoms with E-state index in [1.165, 1.54) is 12.1 Å². The number of nitrogens with one attached hydrogen (secondary N) is 1. The van der Waals surface area contributed by atoms with Gasteiger partial charge in [-0.15, -0.1) is 0 Å². The van der Waals surface area contributed by atoms with Gasteiger partial charge in [0.05, 0.1) is 14.2 Å². The van der Waals surface area contributed by atoms with E-state index in [0.29, 0.717) is 12.3 Å². The summed E-state index contributed by atoms with van der Waals surface area (Å²) in [4.78, 5) is 0. The maximum absolute atomic E-state index is 13.6. The molecule has 2 rings (SSSR count). The van der Waals surface area contributed by atoms with E-state index in [1.54, 1.807) is 20.3 Å². The number of hydrogen-bond donors (Lipinski definition) is 1. The van der Waals surface area contributed by atoms with Gasteiger partial charge in [0.2, 0.25) is 0 Å². The van der Waals surface area contributed by atoms with E-state index in [1.807, 2.05) is 25.1 Å². The average Bonchev–Trinajstić information content (AvgIpc) is 2.52. The Kier molecular flexibility index (Phi) is 5.17. The van der Waals surface area contributed by atoms with Gasteiger partial charge in [-0.2, -0.15) is 0 Å². The quantitative estimate of drug-likeness (QED) is 0.881. The minimum absolute atomic E-state index is 0.281. The van der Waals surface area contributed by atoms with Crippen molar-refractivity contribution in [2.24, 2.45) is 0 Å². The first-order chi connectivity index (χ1) is 10.2. The zero-order valence-corrected chi connectivity index (χ0v) is 12.6. The maximum Gasteiger partial charge on any atom is 0.126 e. The molecule has 0 saturated heterocycles. The number of halogens is 1. The van der Waals surface area contributed by atoms with Gasteiger partial charge >= 0.3 is 0 Å². The van der Waals surface area contributed by atoms with Crippen molar-refractivity contribution in [2.75, 3.05) is 20.8 Å². The predicted molar refractivity (Wildman–Crippen MR) is 82.3 cm³/mol. The molecular formula is C17H20FNO2. The molecule has 2 aromatic carbocycles. The van der Waals surface area contributed by atoms with Crippen LogP contribution >= 0.6 is 0 Å². The second kappa shape index (κ2) is 7.09. The van der Waals surface area contributed by atoms with Gasteiger partial charge in [-0.1, -0.05) is 13.0 Å². The highest BCUT2D eigenvalue weighted by atomic mass is 19.1. The molecule has 0 aliphatic rings. The average molecular weight is 289 g/mol. The Morgan fingerprint density at radius 1 is 1.00 bits per heavy atom. The lowest BCUT2D eigenvalue weighted by Gasteiger charge is -2.15. The maximum atomic E-state index is 13.6. The minimum Gasteiger partial charge on any atom is -0.497 e. The molecule has 0 fully saturated rings. The zero-order chi connectivity index (χ0) is 15.2. The third-order valence-electron chi connectivity index (χ3n) is 3.33. The highest BCUT2D eigenvalue weighted by Crippen LogP contribution is 2.34. The highest BCUT2D eigenvalue weighted by Gasteiger charge is 2.12. The fraction of sp³-hybridized carbons (Fsp3) is 0.294. The third kappa shape index (κ3) is 3.52. The van der Waals surface area contributed by atoms with Crippen molar-refractivity contribution in [1.29, 1.82) is 0 Å². The molecule has 21 heavy (non-hydrogen) atoms. The molecule has 2 aromatic rings. The summed E-state index contributed by atoms with van der Waals surface area (Å²) in [6.45, 7) is 3.59. The van der Waals surface area contributed by atoms with Crippen LogP contribution in [0, 0.1) is 5.82 Å². The predicted octanol–water partition coefficient (Wildman–Crippen LogP) is 3.62. The monoisotopic (exact) mass is 289 g/mol. The molecule has 3 nitrogen and oxygen atoms in total. The molecule has 0 heterocycles. The van der Waals surface area contributed by atoms with Crippen LogP contribution in [-0.2, 0) is 6.54 Å². The molecule has 4 heteroatoms. The van der Waals surface area contributed by atoms with Crippen molar-refractivity contribution in [3.05, 3.63) is 47.8 Å². The molecule has 0 atom stereocenters. The summed E-state index contributed by atoms with van der Waals surface area (Å²) in [7, 11) is 3.22. The van der Waals surface area contributed by atoms with Crippen molar-refractivity contribution in [2.45, 2.75) is 13.5 Å². The standard InChI is InChI=1S/C17H20FNO2/c1-4-19-11-12-9-14(20-2)6-7-15(12)16-10-13(18)5-8-17(16)21-3/h5-10,19H,4,11H2,1-3H3. The summed E-state index contributed by atoms with van der Waals surface area (Å²) in [5.41, 5.74) is 2.72. The summed E-state index contributed by atoms with van der Waals surface area (Å²) in [5.74, 6) is 1.15. The zero-order valence-electron chi connectivity index (χ0n) is 12.6. The van der Waals surface area contributed by atoms with Crippen LogP contribution in [0.3, 0.4) is 0 Å². The Hall–Kier alpha value is -2.07. The van der Waals surface area contributed by atoms with Gasteiger partial charge in [0.1, 0.15) is 17.3 Å². The Balaban J connectivity index is 2.53. The van der Waals surface area contributed by atoms with Crippen LogP contribution in [0.25, 0.3) is 11.1 Å². The lowest BCUT2D eigenvalue weighted by atomic mass is 9.98. The summed E-state index contributed by atoms with van der Waals surface area (Å²) < 4.78 is 24.2. The molecule has 0 aliphatic heterocycles. The number of rotatable bonds is 6. The van der Waals surface area contributed by atoms with Crippen LogP contribution in [-0.4, -0.2) is 20.8 Å². The van der Waals surface area contributed by atoms with Crippen LogP contribution in [0.2, 0.25) is 0 Å². The number of hydrogen-bond acceptors (Lipinski definition) is 3. The van der Waals surface area contributed by atoms with Gasteiger partial charge in [0.25, 0.3) is 0 Å². The number of benzene rings is 2. The van der Waals surface area contributed by atoms with Gasteiger partial charge in [0.15, 0.2) is 0 Å². The highest BCUT2D eigenvalue weighted by molar-refractivity contribution is 5.74. The summed E-state index contributed by atoms with van der Waals surface area (Å²) >= 11 is 0. The molecule has 0 bridgehead atoms. The minimum atomic E-state index is -0.281. The van der Waals surface area contributed by atoms with Crippen molar-refractivity contribution >= 4 is 0 Å². The first-order valence-corrected chi connectivity index (χ1v) is 6.91. The van der Waals surface area contributed by atoms with Gasteiger partial charge in [-0.3, -0.25) is 0 Å². The molecular weight excluding hydrogens is 269 g/mol. The molecule has 0 unspecified atom stereocenters. The Bertz CT molecular complexity index is 614. The summed E-state index contributed by atoms with van der Waals surface area (Å²) in [6.07, 6.45) is 0. The van der Waals surface area contributed by atoms with Gasteiger partial charge in [0, 0.05) is 12.1 Å². The molecule has 0 saturated carbocycles. The molecule has 0 aromatic heterocycles. The van der Waals surface area contributed by atoms with Crippen LogP contribution in [0.5, 0.6) is 11.5 Å². The second-order valence-corrected chi connectivity index (χ2v) is 4.65. The SMILES string of the molecule is CCNCc1cc(OC)ccc1-c1cc(F)ccc1OC. The van der Waals surface area contributed by atoms with E-state index in [2.05, 4.69) is 5.32 Å². The number of ether oxygens (including phenoxy) is 2. The molecule has 0 radical (unpaired) electrons. The second-order valence-electron chi connectivity index (χ2n) is 4.65. The lowest BCUT2D eigenvalue weighted by molar-refractivity contribution is 0.413. The first kappa shape index (κ1) is 15.3. The Labute approximate surface area is 124 Å². The van der Waals surface area contributed by atoms with Crippen LogP contribution in [0.1, 0.15) is 12.5 Å². The third-order valence-corrected chi connectivity index (χ3v) is 3.33. The van der Waals surface area contributed by atoms with E-state index in [0.717, 1.165) is 29.0 Å². The number of methoxy groups -OCH3 is 2. The smallest absolute Gasteiger partial charge is 0.126 e. The van der Waals surface area contributed by atoms with E-state index in [9.17, 15) is 4.39 Å². The molecule has 1 N–H and O–H groups in total. The normalized spacial score (nSPS) is 10.5. The first-order valence-electron chi connectivity index (χ1n) is 6.91. The summed E-state index contributed by atoms with van der Waals surface area (Å²) in [6, 6.07) is 10.3. The Morgan fingerprint density at radius 3 is 2.48 bits per heavy atom. The van der Waals surface area contributed by atoms with E-state index >= 15 is 0 Å². The molecule has 112 valence electrons. The topological polar surface area (TPSA) is 30.5 Å². The van der Waals surface area contributed by atoms with Crippen molar-refractivity contribution in [3.8, 4) is 22.6 Å². The summed E-state index contributed by atoms with van der Waals surface area (Å²) in [5, 5.41) is 3.29. The van der Waals surface area contributed by atoms with E-state index < -0.39 is 0 Å². The van der Waals surface area contributed by atoms with E-state index in [4.69, 9.17) is 9.47 Å².